The molecule has 1 unspecified atom stereocenters. The van der Waals surface area contributed by atoms with Crippen molar-refractivity contribution in [3.05, 3.63) is 35.1 Å². The van der Waals surface area contributed by atoms with Gasteiger partial charge in [-0.1, -0.05) is 19.9 Å². The standard InChI is InChI=1S/C16H24FN3O/c1-11(2)13-6-12(7-14(17)8-13)9-20-5-4-19(3)15(10-20)16(18)21/h6-8,11,15H,4-5,9-10H2,1-3H3,(H2,18,21). The van der Waals surface area contributed by atoms with Gasteiger partial charge in [0.15, 0.2) is 0 Å². The predicted molar refractivity (Wildman–Crippen MR) is 81.4 cm³/mol. The van der Waals surface area contributed by atoms with Crippen LogP contribution in [0.3, 0.4) is 0 Å². The first-order chi connectivity index (χ1) is 9.86. The first kappa shape index (κ1) is 15.9. The fraction of sp³-hybridized carbons (Fsp3) is 0.562. The Labute approximate surface area is 125 Å². The summed E-state index contributed by atoms with van der Waals surface area (Å²) in [6, 6.07) is 4.94. The van der Waals surface area contributed by atoms with Crippen LogP contribution in [-0.2, 0) is 11.3 Å². The molecule has 4 nitrogen and oxygen atoms in total. The van der Waals surface area contributed by atoms with Crippen LogP contribution < -0.4 is 5.73 Å². The van der Waals surface area contributed by atoms with E-state index in [1.807, 2.05) is 18.0 Å². The van der Waals surface area contributed by atoms with Crippen LogP contribution in [0.4, 0.5) is 4.39 Å². The number of likely N-dealkylation sites (N-methyl/N-ethyl adjacent to an activating group) is 1. The van der Waals surface area contributed by atoms with E-state index < -0.39 is 0 Å². The molecule has 0 aliphatic carbocycles. The summed E-state index contributed by atoms with van der Waals surface area (Å²) in [5.41, 5.74) is 7.39. The first-order valence-corrected chi connectivity index (χ1v) is 7.38. The molecule has 0 radical (unpaired) electrons. The molecular formula is C16H24FN3O. The minimum atomic E-state index is -0.302. The third kappa shape index (κ3) is 4.02. The fourth-order valence-electron chi connectivity index (χ4n) is 2.74. The Morgan fingerprint density at radius 2 is 2.10 bits per heavy atom. The number of nitrogens with two attached hydrogens (primary N) is 1. The number of rotatable bonds is 4. The molecule has 0 bridgehead atoms. The molecule has 0 spiro atoms. The molecule has 1 amide bonds. The molecule has 1 aliphatic rings. The Morgan fingerprint density at radius 3 is 2.71 bits per heavy atom. The molecule has 1 atom stereocenters. The van der Waals surface area contributed by atoms with Crippen molar-refractivity contribution in [3.63, 3.8) is 0 Å². The van der Waals surface area contributed by atoms with Crippen LogP contribution in [0.15, 0.2) is 18.2 Å². The number of piperazine rings is 1. The second kappa shape index (κ2) is 6.54. The summed E-state index contributed by atoms with van der Waals surface area (Å²) in [5.74, 6) is -0.202. The lowest BCUT2D eigenvalue weighted by Crippen LogP contribution is -2.56. The van der Waals surface area contributed by atoms with Crippen LogP contribution >= 0.6 is 0 Å². The van der Waals surface area contributed by atoms with Crippen LogP contribution in [0, 0.1) is 5.82 Å². The molecule has 1 heterocycles. The Kier molecular flexibility index (Phi) is 4.96. The van der Waals surface area contributed by atoms with Crippen molar-refractivity contribution in [3.8, 4) is 0 Å². The normalized spacial score (nSPS) is 20.9. The maximum atomic E-state index is 13.7. The van der Waals surface area contributed by atoms with Crippen LogP contribution in [0.5, 0.6) is 0 Å². The number of primary amides is 1. The van der Waals surface area contributed by atoms with Gasteiger partial charge >= 0.3 is 0 Å². The van der Waals surface area contributed by atoms with E-state index in [1.54, 1.807) is 12.1 Å². The highest BCUT2D eigenvalue weighted by molar-refractivity contribution is 5.80. The summed E-state index contributed by atoms with van der Waals surface area (Å²) in [6.45, 7) is 7.00. The number of carbonyl (C=O) groups excluding carboxylic acids is 1. The Morgan fingerprint density at radius 1 is 1.38 bits per heavy atom. The van der Waals surface area contributed by atoms with Crippen LogP contribution in [-0.4, -0.2) is 48.4 Å². The van der Waals surface area contributed by atoms with E-state index in [4.69, 9.17) is 5.73 Å². The lowest BCUT2D eigenvalue weighted by Gasteiger charge is -2.37. The van der Waals surface area contributed by atoms with Crippen molar-refractivity contribution in [1.82, 2.24) is 9.80 Å². The minimum absolute atomic E-state index is 0.197. The van der Waals surface area contributed by atoms with E-state index in [0.29, 0.717) is 19.0 Å². The van der Waals surface area contributed by atoms with Gasteiger partial charge < -0.3 is 5.73 Å². The van der Waals surface area contributed by atoms with Gasteiger partial charge in [0.2, 0.25) is 5.91 Å². The molecule has 1 fully saturated rings. The number of nitrogens with zero attached hydrogens (tertiary/aromatic N) is 2. The van der Waals surface area contributed by atoms with Gasteiger partial charge in [-0.15, -0.1) is 0 Å². The molecule has 0 aromatic heterocycles. The number of benzene rings is 1. The van der Waals surface area contributed by atoms with Gasteiger partial charge in [-0.2, -0.15) is 0 Å². The zero-order valence-electron chi connectivity index (χ0n) is 13.0. The van der Waals surface area contributed by atoms with E-state index in [-0.39, 0.29) is 17.8 Å². The van der Waals surface area contributed by atoms with Crippen LogP contribution in [0.2, 0.25) is 0 Å². The van der Waals surface area contributed by atoms with Gasteiger partial charge in [0.1, 0.15) is 11.9 Å². The minimum Gasteiger partial charge on any atom is -0.368 e. The molecule has 0 saturated carbocycles. The summed E-state index contributed by atoms with van der Waals surface area (Å²) < 4.78 is 13.7. The van der Waals surface area contributed by atoms with Crippen molar-refractivity contribution < 1.29 is 9.18 Å². The summed E-state index contributed by atoms with van der Waals surface area (Å²) in [4.78, 5) is 15.6. The predicted octanol–water partition coefficient (Wildman–Crippen LogP) is 1.55. The molecule has 21 heavy (non-hydrogen) atoms. The van der Waals surface area contributed by atoms with Crippen LogP contribution in [0.25, 0.3) is 0 Å². The summed E-state index contributed by atoms with van der Waals surface area (Å²) in [7, 11) is 1.91. The van der Waals surface area contributed by atoms with Crippen molar-refractivity contribution >= 4 is 5.91 Å². The first-order valence-electron chi connectivity index (χ1n) is 7.38. The maximum Gasteiger partial charge on any atom is 0.236 e. The highest BCUT2D eigenvalue weighted by Crippen LogP contribution is 2.20. The number of halogens is 1. The summed E-state index contributed by atoms with van der Waals surface area (Å²) >= 11 is 0. The van der Waals surface area contributed by atoms with E-state index in [2.05, 4.69) is 18.7 Å². The second-order valence-electron chi connectivity index (χ2n) is 6.18. The molecule has 5 heteroatoms. The quantitative estimate of drug-likeness (QED) is 0.916. The van der Waals surface area contributed by atoms with Crippen LogP contribution in [0.1, 0.15) is 30.9 Å². The Balaban J connectivity index is 2.09. The lowest BCUT2D eigenvalue weighted by molar-refractivity contribution is -0.125. The van der Waals surface area contributed by atoms with Crippen molar-refractivity contribution in [2.45, 2.75) is 32.4 Å². The lowest BCUT2D eigenvalue weighted by atomic mass is 10.00. The third-order valence-electron chi connectivity index (χ3n) is 4.11. The number of amides is 1. The van der Waals surface area contributed by atoms with E-state index in [9.17, 15) is 9.18 Å². The SMILES string of the molecule is CC(C)c1cc(F)cc(CN2CCN(C)C(C(N)=O)C2)c1. The van der Waals surface area contributed by atoms with Gasteiger partial charge in [0.25, 0.3) is 0 Å². The van der Waals surface area contributed by atoms with Gasteiger partial charge in [0.05, 0.1) is 0 Å². The second-order valence-corrected chi connectivity index (χ2v) is 6.18. The maximum absolute atomic E-state index is 13.7. The molecule has 2 N–H and O–H groups in total. The van der Waals surface area contributed by atoms with Gasteiger partial charge in [-0.05, 0) is 36.2 Å². The molecule has 1 saturated heterocycles. The topological polar surface area (TPSA) is 49.6 Å². The molecule has 1 aliphatic heterocycles. The smallest absolute Gasteiger partial charge is 0.236 e. The van der Waals surface area contributed by atoms with E-state index >= 15 is 0 Å². The number of carbonyl (C=O) groups is 1. The summed E-state index contributed by atoms with van der Waals surface area (Å²) in [5, 5.41) is 0. The zero-order valence-corrected chi connectivity index (χ0v) is 13.0. The van der Waals surface area contributed by atoms with Crippen molar-refractivity contribution in [1.29, 1.82) is 0 Å². The Bertz CT molecular complexity index is 518. The average Bonchev–Trinajstić information content (AvgIpc) is 2.40. The number of hydrogen-bond acceptors (Lipinski definition) is 3. The van der Waals surface area contributed by atoms with Gasteiger partial charge in [-0.3, -0.25) is 14.6 Å². The zero-order chi connectivity index (χ0) is 15.6. The summed E-state index contributed by atoms with van der Waals surface area (Å²) in [6.07, 6.45) is 0. The monoisotopic (exact) mass is 293 g/mol. The Hall–Kier alpha value is -1.46. The highest BCUT2D eigenvalue weighted by Gasteiger charge is 2.28. The van der Waals surface area contributed by atoms with Crippen molar-refractivity contribution in [2.75, 3.05) is 26.7 Å². The molecule has 1 aromatic rings. The molecule has 116 valence electrons. The van der Waals surface area contributed by atoms with Gasteiger partial charge in [0, 0.05) is 26.2 Å². The largest absolute Gasteiger partial charge is 0.368 e. The van der Waals surface area contributed by atoms with Crippen molar-refractivity contribution in [2.24, 2.45) is 5.73 Å². The third-order valence-corrected chi connectivity index (χ3v) is 4.11. The molecule has 1 aromatic carbocycles. The van der Waals surface area contributed by atoms with Gasteiger partial charge in [-0.25, -0.2) is 4.39 Å². The van der Waals surface area contributed by atoms with E-state index in [1.165, 1.54) is 0 Å². The molecular weight excluding hydrogens is 269 g/mol. The fourth-order valence-corrected chi connectivity index (χ4v) is 2.74. The highest BCUT2D eigenvalue weighted by atomic mass is 19.1. The van der Waals surface area contributed by atoms with E-state index in [0.717, 1.165) is 24.2 Å². The number of hydrogen-bond donors (Lipinski definition) is 1. The molecule has 2 rings (SSSR count). The average molecular weight is 293 g/mol.